The molecule has 0 aliphatic carbocycles. The van der Waals surface area contributed by atoms with Gasteiger partial charge in [0.25, 0.3) is 11.8 Å². The van der Waals surface area contributed by atoms with E-state index < -0.39 is 23.4 Å². The van der Waals surface area contributed by atoms with Crippen LogP contribution in [0.5, 0.6) is 5.75 Å². The maximum absolute atomic E-state index is 14.4. The Labute approximate surface area is 165 Å². The average Bonchev–Trinajstić information content (AvgIpc) is 2.99. The molecule has 1 saturated heterocycles. The lowest BCUT2D eigenvalue weighted by molar-refractivity contribution is -0.121. The Bertz CT molecular complexity index is 1020. The third-order valence-electron chi connectivity index (χ3n) is 4.91. The number of carbonyl (C=O) groups is 2. The summed E-state index contributed by atoms with van der Waals surface area (Å²) < 4.78 is 38.5. The normalized spacial score (nSPS) is 17.3. The van der Waals surface area contributed by atoms with Crippen LogP contribution in [0, 0.1) is 11.6 Å². The van der Waals surface area contributed by atoms with Crippen LogP contribution in [-0.4, -0.2) is 50.1 Å². The van der Waals surface area contributed by atoms with Crippen molar-refractivity contribution in [1.82, 2.24) is 4.90 Å². The molecule has 2 aromatic carbocycles. The first kappa shape index (κ1) is 19.1. The lowest BCUT2D eigenvalue weighted by Crippen LogP contribution is -2.40. The van der Waals surface area contributed by atoms with E-state index >= 15 is 0 Å². The van der Waals surface area contributed by atoms with Gasteiger partial charge in [0.05, 0.1) is 31.6 Å². The highest BCUT2D eigenvalue weighted by atomic mass is 19.1. The zero-order valence-electron chi connectivity index (χ0n) is 15.7. The van der Waals surface area contributed by atoms with Crippen molar-refractivity contribution < 1.29 is 27.8 Å². The molecule has 0 atom stereocenters. The summed E-state index contributed by atoms with van der Waals surface area (Å²) in [6.45, 7) is 1.61. The average molecular weight is 400 g/mol. The molecule has 0 saturated carbocycles. The molecule has 2 heterocycles. The molecule has 150 valence electrons. The Morgan fingerprint density at radius 2 is 1.72 bits per heavy atom. The zero-order chi connectivity index (χ0) is 20.5. The highest BCUT2D eigenvalue weighted by molar-refractivity contribution is 6.45. The Balaban J connectivity index is 1.88. The van der Waals surface area contributed by atoms with E-state index in [9.17, 15) is 18.4 Å². The number of amides is 2. The van der Waals surface area contributed by atoms with Gasteiger partial charge in [-0.25, -0.2) is 13.7 Å². The topological polar surface area (TPSA) is 59.1 Å². The lowest BCUT2D eigenvalue weighted by atomic mass is 10.0. The van der Waals surface area contributed by atoms with Crippen LogP contribution in [0.25, 0.3) is 5.57 Å². The summed E-state index contributed by atoms with van der Waals surface area (Å²) in [6.07, 6.45) is 0. The van der Waals surface area contributed by atoms with Gasteiger partial charge < -0.3 is 14.4 Å². The summed E-state index contributed by atoms with van der Waals surface area (Å²) in [5.41, 5.74) is 0.418. The van der Waals surface area contributed by atoms with Crippen molar-refractivity contribution in [2.45, 2.75) is 0 Å². The van der Waals surface area contributed by atoms with E-state index in [1.54, 1.807) is 29.2 Å². The van der Waals surface area contributed by atoms with Crippen molar-refractivity contribution in [2.24, 2.45) is 0 Å². The van der Waals surface area contributed by atoms with E-state index in [4.69, 9.17) is 9.47 Å². The van der Waals surface area contributed by atoms with Crippen LogP contribution >= 0.6 is 0 Å². The molecule has 0 bridgehead atoms. The summed E-state index contributed by atoms with van der Waals surface area (Å²) in [5, 5.41) is 0. The molecule has 2 aliphatic heterocycles. The minimum absolute atomic E-state index is 0.123. The SMILES string of the molecule is COc1ccccc1C1=C(N2CCOCC2)C(=O)N(c2ccc(F)cc2F)C1=O. The number of anilines is 1. The number of nitrogens with zero attached hydrogens (tertiary/aromatic N) is 2. The largest absolute Gasteiger partial charge is 0.496 e. The fourth-order valence-corrected chi connectivity index (χ4v) is 3.57. The number of ether oxygens (including phenoxy) is 2. The molecular weight excluding hydrogens is 382 g/mol. The summed E-state index contributed by atoms with van der Waals surface area (Å²) in [7, 11) is 1.46. The Morgan fingerprint density at radius 3 is 2.41 bits per heavy atom. The van der Waals surface area contributed by atoms with E-state index in [0.717, 1.165) is 17.0 Å². The minimum atomic E-state index is -0.991. The fraction of sp³-hybridized carbons (Fsp3) is 0.238. The molecule has 4 rings (SSSR count). The van der Waals surface area contributed by atoms with Gasteiger partial charge in [0.2, 0.25) is 0 Å². The maximum atomic E-state index is 14.4. The maximum Gasteiger partial charge on any atom is 0.282 e. The molecule has 0 spiro atoms. The van der Waals surface area contributed by atoms with Crippen LogP contribution in [0.2, 0.25) is 0 Å². The van der Waals surface area contributed by atoms with E-state index in [1.165, 1.54) is 7.11 Å². The molecule has 6 nitrogen and oxygen atoms in total. The van der Waals surface area contributed by atoms with Crippen LogP contribution in [0.15, 0.2) is 48.2 Å². The molecule has 8 heteroatoms. The molecule has 2 aliphatic rings. The van der Waals surface area contributed by atoms with E-state index in [-0.39, 0.29) is 17.0 Å². The van der Waals surface area contributed by atoms with E-state index in [0.29, 0.717) is 43.7 Å². The number of imide groups is 1. The second-order valence-corrected chi connectivity index (χ2v) is 6.56. The van der Waals surface area contributed by atoms with Gasteiger partial charge >= 0.3 is 0 Å². The van der Waals surface area contributed by atoms with Crippen molar-refractivity contribution in [3.63, 3.8) is 0 Å². The Kier molecular flexibility index (Phi) is 5.02. The predicted octanol–water partition coefficient (Wildman–Crippen LogP) is 2.59. The second-order valence-electron chi connectivity index (χ2n) is 6.56. The Hall–Kier alpha value is -3.26. The zero-order valence-corrected chi connectivity index (χ0v) is 15.7. The smallest absolute Gasteiger partial charge is 0.282 e. The number of rotatable bonds is 4. The van der Waals surface area contributed by atoms with Gasteiger partial charge in [0, 0.05) is 24.7 Å². The number of carbonyl (C=O) groups excluding carboxylic acids is 2. The molecule has 0 radical (unpaired) electrons. The molecule has 0 N–H and O–H groups in total. The monoisotopic (exact) mass is 400 g/mol. The quantitative estimate of drug-likeness (QED) is 0.739. The number of methoxy groups -OCH3 is 1. The van der Waals surface area contributed by atoms with Gasteiger partial charge in [0.15, 0.2) is 0 Å². The van der Waals surface area contributed by atoms with Gasteiger partial charge in [-0.2, -0.15) is 0 Å². The molecular formula is C21H18F2N2O4. The lowest BCUT2D eigenvalue weighted by Gasteiger charge is -2.29. The molecule has 0 aromatic heterocycles. The molecule has 29 heavy (non-hydrogen) atoms. The van der Waals surface area contributed by atoms with E-state index in [1.807, 2.05) is 0 Å². The predicted molar refractivity (Wildman–Crippen MR) is 101 cm³/mol. The number of hydrogen-bond donors (Lipinski definition) is 0. The van der Waals surface area contributed by atoms with Gasteiger partial charge in [0.1, 0.15) is 23.1 Å². The molecule has 2 aromatic rings. The highest BCUT2D eigenvalue weighted by Crippen LogP contribution is 2.39. The van der Waals surface area contributed by atoms with Gasteiger partial charge in [-0.1, -0.05) is 18.2 Å². The Morgan fingerprint density at radius 1 is 1.00 bits per heavy atom. The van der Waals surface area contributed by atoms with Gasteiger partial charge in [-0.3, -0.25) is 9.59 Å². The summed E-state index contributed by atoms with van der Waals surface area (Å²) in [5.74, 6) is -2.73. The van der Waals surface area contributed by atoms with Crippen molar-refractivity contribution >= 4 is 23.1 Å². The highest BCUT2D eigenvalue weighted by Gasteiger charge is 2.44. The third-order valence-corrected chi connectivity index (χ3v) is 4.91. The number of halogens is 2. The number of para-hydroxylation sites is 1. The summed E-state index contributed by atoms with van der Waals surface area (Å²) in [6, 6.07) is 9.56. The first-order chi connectivity index (χ1) is 14.0. The van der Waals surface area contributed by atoms with Gasteiger partial charge in [-0.05, 0) is 18.2 Å². The van der Waals surface area contributed by atoms with Crippen LogP contribution in [0.1, 0.15) is 5.56 Å². The van der Waals surface area contributed by atoms with Crippen molar-refractivity contribution in [3.05, 3.63) is 65.4 Å². The van der Waals surface area contributed by atoms with Crippen LogP contribution in [0.3, 0.4) is 0 Å². The molecule has 2 amide bonds. The summed E-state index contributed by atoms with van der Waals surface area (Å²) in [4.78, 5) is 29.2. The van der Waals surface area contributed by atoms with Crippen LogP contribution < -0.4 is 9.64 Å². The van der Waals surface area contributed by atoms with Crippen molar-refractivity contribution in [3.8, 4) is 5.75 Å². The summed E-state index contributed by atoms with van der Waals surface area (Å²) >= 11 is 0. The van der Waals surface area contributed by atoms with Crippen molar-refractivity contribution in [1.29, 1.82) is 0 Å². The number of benzene rings is 2. The number of morpholine rings is 1. The molecule has 0 unspecified atom stereocenters. The first-order valence-corrected chi connectivity index (χ1v) is 9.07. The number of hydrogen-bond acceptors (Lipinski definition) is 5. The van der Waals surface area contributed by atoms with Crippen LogP contribution in [0.4, 0.5) is 14.5 Å². The minimum Gasteiger partial charge on any atom is -0.496 e. The second kappa shape index (κ2) is 7.63. The standard InChI is InChI=1S/C21H18F2N2O4/c1-28-17-5-3-2-4-14(17)18-19(24-8-10-29-11-9-24)21(27)25(20(18)26)16-7-6-13(22)12-15(16)23/h2-7,12H,8-11H2,1H3. The first-order valence-electron chi connectivity index (χ1n) is 9.07. The van der Waals surface area contributed by atoms with Crippen molar-refractivity contribution in [2.75, 3.05) is 38.3 Å². The van der Waals surface area contributed by atoms with E-state index in [2.05, 4.69) is 0 Å². The van der Waals surface area contributed by atoms with Gasteiger partial charge in [-0.15, -0.1) is 0 Å². The van der Waals surface area contributed by atoms with Crippen LogP contribution in [-0.2, 0) is 14.3 Å². The fourth-order valence-electron chi connectivity index (χ4n) is 3.57. The third kappa shape index (κ3) is 3.25. The molecule has 1 fully saturated rings.